The average Bonchev–Trinajstić information content (AvgIpc) is 2.46. The third-order valence-corrected chi connectivity index (χ3v) is 3.67. The number of aromatic nitrogens is 2. The Bertz CT molecular complexity index is 465. The van der Waals surface area contributed by atoms with Crippen molar-refractivity contribution >= 4 is 5.69 Å². The van der Waals surface area contributed by atoms with E-state index in [1.54, 1.807) is 16.9 Å². The van der Waals surface area contributed by atoms with Crippen LogP contribution in [0.5, 0.6) is 0 Å². The predicted octanol–water partition coefficient (Wildman–Crippen LogP) is 0.313. The van der Waals surface area contributed by atoms with Crippen LogP contribution >= 0.6 is 0 Å². The molecular weight excluding hydrogens is 254 g/mol. The molecule has 1 aliphatic rings. The first-order chi connectivity index (χ1) is 9.69. The molecule has 1 aliphatic heterocycles. The summed E-state index contributed by atoms with van der Waals surface area (Å²) in [6, 6.07) is 1.63. The van der Waals surface area contributed by atoms with Crippen molar-refractivity contribution in [2.75, 3.05) is 51.6 Å². The topological polar surface area (TPSA) is 53.4 Å². The van der Waals surface area contributed by atoms with E-state index in [0.29, 0.717) is 6.54 Å². The van der Waals surface area contributed by atoms with E-state index < -0.39 is 0 Å². The molecule has 0 unspecified atom stereocenters. The minimum absolute atomic E-state index is 0.0276. The van der Waals surface area contributed by atoms with Crippen LogP contribution in [0.1, 0.15) is 13.3 Å². The molecule has 1 saturated heterocycles. The molecule has 0 amide bonds. The monoisotopic (exact) mass is 279 g/mol. The normalized spacial score (nSPS) is 17.3. The number of anilines is 1. The van der Waals surface area contributed by atoms with Crippen molar-refractivity contribution in [3.63, 3.8) is 0 Å². The highest BCUT2D eigenvalue weighted by Gasteiger charge is 2.13. The zero-order valence-electron chi connectivity index (χ0n) is 12.5. The van der Waals surface area contributed by atoms with Gasteiger partial charge >= 0.3 is 0 Å². The molecule has 20 heavy (non-hydrogen) atoms. The molecule has 0 radical (unpaired) electrons. The summed E-state index contributed by atoms with van der Waals surface area (Å²) in [4.78, 5) is 16.7. The van der Waals surface area contributed by atoms with E-state index >= 15 is 0 Å². The number of hydrogen-bond acceptors (Lipinski definition) is 5. The highest BCUT2D eigenvalue weighted by molar-refractivity contribution is 5.38. The molecule has 0 bridgehead atoms. The number of nitrogens with one attached hydrogen (secondary N) is 1. The number of nitrogens with zero attached hydrogens (tertiary/aromatic N) is 4. The fourth-order valence-electron chi connectivity index (χ4n) is 2.28. The third-order valence-electron chi connectivity index (χ3n) is 3.67. The average molecular weight is 279 g/mol. The van der Waals surface area contributed by atoms with Gasteiger partial charge in [0.05, 0.1) is 18.4 Å². The SMILES string of the molecule is CCCNc1cnn(CCN2CCN(C)CC2)c(=O)c1. The minimum Gasteiger partial charge on any atom is -0.384 e. The van der Waals surface area contributed by atoms with Crippen LogP contribution in [0.4, 0.5) is 5.69 Å². The van der Waals surface area contributed by atoms with Gasteiger partial charge in [-0.15, -0.1) is 0 Å². The standard InChI is InChI=1S/C14H25N5O/c1-3-4-15-13-11-14(20)19(16-12-13)10-9-18-7-5-17(2)6-8-18/h11-12,15H,3-10H2,1-2H3. The van der Waals surface area contributed by atoms with Gasteiger partial charge in [0.15, 0.2) is 0 Å². The van der Waals surface area contributed by atoms with E-state index in [0.717, 1.165) is 51.4 Å². The van der Waals surface area contributed by atoms with E-state index in [4.69, 9.17) is 0 Å². The Kier molecular flexibility index (Phi) is 5.55. The van der Waals surface area contributed by atoms with Crippen molar-refractivity contribution in [1.82, 2.24) is 19.6 Å². The van der Waals surface area contributed by atoms with Gasteiger partial charge in [0.2, 0.25) is 0 Å². The fraction of sp³-hybridized carbons (Fsp3) is 0.714. The predicted molar refractivity (Wildman–Crippen MR) is 81.2 cm³/mol. The summed E-state index contributed by atoms with van der Waals surface area (Å²) in [5.41, 5.74) is 0.785. The summed E-state index contributed by atoms with van der Waals surface area (Å²) in [7, 11) is 2.14. The summed E-state index contributed by atoms with van der Waals surface area (Å²) >= 11 is 0. The van der Waals surface area contributed by atoms with Crippen LogP contribution in [0.25, 0.3) is 0 Å². The van der Waals surface area contributed by atoms with Gasteiger partial charge in [0.25, 0.3) is 5.56 Å². The van der Waals surface area contributed by atoms with Gasteiger partial charge in [-0.2, -0.15) is 5.10 Å². The molecule has 0 saturated carbocycles. The van der Waals surface area contributed by atoms with E-state index in [-0.39, 0.29) is 5.56 Å². The number of likely N-dealkylation sites (N-methyl/N-ethyl adjacent to an activating group) is 1. The molecule has 1 aromatic heterocycles. The molecule has 0 aliphatic carbocycles. The maximum atomic E-state index is 12.0. The number of rotatable bonds is 6. The van der Waals surface area contributed by atoms with Crippen molar-refractivity contribution in [3.05, 3.63) is 22.6 Å². The molecular formula is C14H25N5O. The first kappa shape index (κ1) is 15.0. The Morgan fingerprint density at radius 3 is 2.65 bits per heavy atom. The molecule has 1 fully saturated rings. The van der Waals surface area contributed by atoms with Crippen molar-refractivity contribution in [3.8, 4) is 0 Å². The van der Waals surface area contributed by atoms with Crippen molar-refractivity contribution in [1.29, 1.82) is 0 Å². The molecule has 0 aromatic carbocycles. The van der Waals surface area contributed by atoms with Crippen LogP contribution in [0.3, 0.4) is 0 Å². The lowest BCUT2D eigenvalue weighted by Gasteiger charge is -2.32. The Labute approximate surface area is 120 Å². The Morgan fingerprint density at radius 1 is 1.25 bits per heavy atom. The van der Waals surface area contributed by atoms with E-state index in [2.05, 4.69) is 34.2 Å². The molecule has 6 nitrogen and oxygen atoms in total. The maximum absolute atomic E-state index is 12.0. The molecule has 0 spiro atoms. The van der Waals surface area contributed by atoms with Gasteiger partial charge in [-0.3, -0.25) is 9.69 Å². The van der Waals surface area contributed by atoms with Crippen molar-refractivity contribution in [2.24, 2.45) is 0 Å². The van der Waals surface area contributed by atoms with Crippen LogP contribution in [0.2, 0.25) is 0 Å². The molecule has 2 heterocycles. The molecule has 1 aromatic rings. The lowest BCUT2D eigenvalue weighted by Crippen LogP contribution is -2.46. The van der Waals surface area contributed by atoms with Gasteiger partial charge in [-0.25, -0.2) is 4.68 Å². The van der Waals surface area contributed by atoms with Crippen LogP contribution in [-0.2, 0) is 6.54 Å². The minimum atomic E-state index is -0.0276. The highest BCUT2D eigenvalue weighted by atomic mass is 16.1. The van der Waals surface area contributed by atoms with Crippen molar-refractivity contribution in [2.45, 2.75) is 19.9 Å². The smallest absolute Gasteiger partial charge is 0.268 e. The zero-order valence-corrected chi connectivity index (χ0v) is 12.5. The fourth-order valence-corrected chi connectivity index (χ4v) is 2.28. The summed E-state index contributed by atoms with van der Waals surface area (Å²) in [5, 5.41) is 7.42. The first-order valence-electron chi connectivity index (χ1n) is 7.41. The Morgan fingerprint density at radius 2 is 2.00 bits per heavy atom. The maximum Gasteiger partial charge on any atom is 0.268 e. The lowest BCUT2D eigenvalue weighted by atomic mass is 10.3. The quantitative estimate of drug-likeness (QED) is 0.812. The summed E-state index contributed by atoms with van der Waals surface area (Å²) in [6.07, 6.45) is 2.77. The molecule has 6 heteroatoms. The van der Waals surface area contributed by atoms with Gasteiger partial charge in [-0.05, 0) is 13.5 Å². The largest absolute Gasteiger partial charge is 0.384 e. The molecule has 1 N–H and O–H groups in total. The number of piperazine rings is 1. The third kappa shape index (κ3) is 4.31. The van der Waals surface area contributed by atoms with Crippen LogP contribution in [0, 0.1) is 0 Å². The Balaban J connectivity index is 1.85. The first-order valence-corrected chi connectivity index (χ1v) is 7.41. The summed E-state index contributed by atoms with van der Waals surface area (Å²) < 4.78 is 1.55. The van der Waals surface area contributed by atoms with Crippen LogP contribution < -0.4 is 10.9 Å². The lowest BCUT2D eigenvalue weighted by molar-refractivity contribution is 0.148. The molecule has 2 rings (SSSR count). The summed E-state index contributed by atoms with van der Waals surface area (Å²) in [6.45, 7) is 8.86. The van der Waals surface area contributed by atoms with Gasteiger partial charge in [-0.1, -0.05) is 6.92 Å². The molecule has 112 valence electrons. The highest BCUT2D eigenvalue weighted by Crippen LogP contribution is 2.01. The van der Waals surface area contributed by atoms with E-state index in [1.807, 2.05) is 0 Å². The second kappa shape index (κ2) is 7.40. The van der Waals surface area contributed by atoms with Crippen molar-refractivity contribution < 1.29 is 0 Å². The second-order valence-corrected chi connectivity index (χ2v) is 5.38. The van der Waals surface area contributed by atoms with E-state index in [1.165, 1.54) is 0 Å². The van der Waals surface area contributed by atoms with Gasteiger partial charge in [0.1, 0.15) is 0 Å². The van der Waals surface area contributed by atoms with E-state index in [9.17, 15) is 4.79 Å². The van der Waals surface area contributed by atoms with Gasteiger partial charge < -0.3 is 10.2 Å². The Hall–Kier alpha value is -1.40. The number of hydrogen-bond donors (Lipinski definition) is 1. The van der Waals surface area contributed by atoms with Crippen LogP contribution in [0.15, 0.2) is 17.1 Å². The van der Waals surface area contributed by atoms with Crippen LogP contribution in [-0.4, -0.2) is 65.9 Å². The second-order valence-electron chi connectivity index (χ2n) is 5.38. The summed E-state index contributed by atoms with van der Waals surface area (Å²) in [5.74, 6) is 0. The molecule has 0 atom stereocenters. The van der Waals surface area contributed by atoms with Gasteiger partial charge in [0, 0.05) is 45.3 Å². The zero-order chi connectivity index (χ0) is 14.4.